The number of hydrogen-bond donors (Lipinski definition) is 3. The summed E-state index contributed by atoms with van der Waals surface area (Å²) in [5.41, 5.74) is -0.953. The number of halogens is 3. The van der Waals surface area contributed by atoms with Crippen LogP contribution in [0.4, 0.5) is 13.2 Å². The van der Waals surface area contributed by atoms with Gasteiger partial charge in [-0.05, 0) is 26.3 Å². The number of ether oxygens (including phenoxy) is 3. The molecule has 200 valence electrons. The Morgan fingerprint density at radius 2 is 1.44 bits per heavy atom. The van der Waals surface area contributed by atoms with Gasteiger partial charge in [0.2, 0.25) is 6.41 Å². The molecule has 0 saturated heterocycles. The molecule has 34 heavy (non-hydrogen) atoms. The molecule has 0 amide bonds. The maximum absolute atomic E-state index is 14.2. The highest BCUT2D eigenvalue weighted by Gasteiger charge is 2.54. The van der Waals surface area contributed by atoms with Crippen LogP contribution in [0.2, 0.25) is 0 Å². The van der Waals surface area contributed by atoms with Crippen molar-refractivity contribution < 1.29 is 68.0 Å². The number of hydrogen-bond acceptors (Lipinski definition) is 11. The van der Waals surface area contributed by atoms with E-state index in [-0.39, 0.29) is 6.08 Å². The SMILES string of the molecule is C=CC(F)(C(=O)OCCN(CCOC(=O)C(F)(F)S(=O)(=O)O)C(O)OC(C)(C)CC)S(=O)(=O)O. The van der Waals surface area contributed by atoms with E-state index in [9.17, 15) is 44.7 Å². The minimum Gasteiger partial charge on any atom is -0.461 e. The van der Waals surface area contributed by atoms with Crippen molar-refractivity contribution in [3.63, 3.8) is 0 Å². The number of carbonyl (C=O) groups excluding carboxylic acids is 2. The van der Waals surface area contributed by atoms with Gasteiger partial charge in [-0.15, -0.1) is 0 Å². The third-order valence-electron chi connectivity index (χ3n) is 4.29. The van der Waals surface area contributed by atoms with Crippen LogP contribution in [0.25, 0.3) is 0 Å². The van der Waals surface area contributed by atoms with E-state index in [0.29, 0.717) is 6.42 Å². The second-order valence-electron chi connectivity index (χ2n) is 7.18. The van der Waals surface area contributed by atoms with E-state index < -0.39 is 80.7 Å². The lowest BCUT2D eigenvalue weighted by Crippen LogP contribution is -2.47. The molecule has 0 heterocycles. The lowest BCUT2D eigenvalue weighted by molar-refractivity contribution is -0.247. The van der Waals surface area contributed by atoms with Gasteiger partial charge in [0.1, 0.15) is 13.2 Å². The fourth-order valence-corrected chi connectivity index (χ4v) is 2.62. The summed E-state index contributed by atoms with van der Waals surface area (Å²) < 4.78 is 115. The van der Waals surface area contributed by atoms with E-state index in [4.69, 9.17) is 13.8 Å². The van der Waals surface area contributed by atoms with E-state index in [1.54, 1.807) is 20.8 Å². The Morgan fingerprint density at radius 1 is 1.00 bits per heavy atom. The van der Waals surface area contributed by atoms with Gasteiger partial charge < -0.3 is 19.3 Å². The molecular formula is C16H26F3NO12S2. The second-order valence-corrected chi connectivity index (χ2v) is 10.2. The van der Waals surface area contributed by atoms with Crippen LogP contribution in [-0.2, 0) is 44.0 Å². The van der Waals surface area contributed by atoms with Crippen molar-refractivity contribution >= 4 is 32.2 Å². The molecule has 0 fully saturated rings. The maximum atomic E-state index is 14.2. The van der Waals surface area contributed by atoms with Gasteiger partial charge in [-0.2, -0.15) is 25.6 Å². The molecule has 0 radical (unpaired) electrons. The van der Waals surface area contributed by atoms with Crippen molar-refractivity contribution in [3.8, 4) is 0 Å². The first-order valence-electron chi connectivity index (χ1n) is 9.25. The summed E-state index contributed by atoms with van der Waals surface area (Å²) in [6.45, 7) is 4.49. The van der Waals surface area contributed by atoms with Crippen molar-refractivity contribution in [1.82, 2.24) is 4.90 Å². The Labute approximate surface area is 193 Å². The summed E-state index contributed by atoms with van der Waals surface area (Å²) in [7, 11) is -11.7. The third kappa shape index (κ3) is 8.43. The summed E-state index contributed by atoms with van der Waals surface area (Å²) in [5.74, 6) is -4.69. The molecule has 18 heteroatoms. The number of aliphatic hydroxyl groups excluding tert-OH is 1. The maximum Gasteiger partial charge on any atom is 0.465 e. The number of nitrogens with zero attached hydrogens (tertiary/aromatic N) is 1. The molecule has 0 aromatic heterocycles. The lowest BCUT2D eigenvalue weighted by atomic mass is 10.1. The van der Waals surface area contributed by atoms with Gasteiger partial charge >= 0.3 is 42.4 Å². The Morgan fingerprint density at radius 3 is 1.79 bits per heavy atom. The Kier molecular flexibility index (Phi) is 11.1. The van der Waals surface area contributed by atoms with Gasteiger partial charge in [0.15, 0.2) is 0 Å². The van der Waals surface area contributed by atoms with Crippen LogP contribution in [0.1, 0.15) is 27.2 Å². The molecule has 3 N–H and O–H groups in total. The first kappa shape index (κ1) is 32.2. The third-order valence-corrected chi connectivity index (χ3v) is 6.19. The first-order chi connectivity index (χ1) is 15.2. The van der Waals surface area contributed by atoms with Gasteiger partial charge in [0, 0.05) is 13.1 Å². The van der Waals surface area contributed by atoms with Crippen LogP contribution in [0.15, 0.2) is 12.7 Å². The fraction of sp³-hybridized carbons (Fsp3) is 0.750. The summed E-state index contributed by atoms with van der Waals surface area (Å²) in [6.07, 6.45) is -1.52. The average Bonchev–Trinajstić information content (AvgIpc) is 2.69. The van der Waals surface area contributed by atoms with Crippen LogP contribution in [-0.4, -0.2) is 96.5 Å². The standard InChI is InChI=1S/C16H26F3NO12S2/c1-5-14(3,4)32-13(23)20(8-10-31-12(22)16(18,19)34(27,28)29)7-9-30-11(21)15(17,6-2)33(24,25)26/h6,13,23H,2,5,7-10H2,1,3-4H3,(H,24,25,26)(H,27,28,29). The number of aliphatic hydroxyl groups is 1. The van der Waals surface area contributed by atoms with Crippen molar-refractivity contribution in [2.24, 2.45) is 0 Å². The summed E-state index contributed by atoms with van der Waals surface area (Å²) in [4.78, 5) is 23.8. The topological polar surface area (TPSA) is 194 Å². The fourth-order valence-electron chi connectivity index (χ4n) is 1.87. The molecule has 0 spiro atoms. The molecular weight excluding hydrogens is 519 g/mol. The monoisotopic (exact) mass is 545 g/mol. The van der Waals surface area contributed by atoms with Crippen LogP contribution in [0.3, 0.4) is 0 Å². The summed E-state index contributed by atoms with van der Waals surface area (Å²) in [6, 6.07) is 0. The summed E-state index contributed by atoms with van der Waals surface area (Å²) in [5, 5.41) is 0.985. The minimum atomic E-state index is -6.11. The zero-order valence-corrected chi connectivity index (χ0v) is 19.9. The summed E-state index contributed by atoms with van der Waals surface area (Å²) >= 11 is 0. The lowest BCUT2D eigenvalue weighted by Gasteiger charge is -2.33. The molecule has 0 aliphatic carbocycles. The van der Waals surface area contributed by atoms with E-state index in [0.717, 1.165) is 4.90 Å². The quantitative estimate of drug-likeness (QED) is 0.108. The van der Waals surface area contributed by atoms with Crippen molar-refractivity contribution in [1.29, 1.82) is 0 Å². The zero-order valence-electron chi connectivity index (χ0n) is 18.3. The number of rotatable bonds is 15. The molecule has 13 nitrogen and oxygen atoms in total. The highest BCUT2D eigenvalue weighted by Crippen LogP contribution is 2.23. The highest BCUT2D eigenvalue weighted by atomic mass is 32.2. The van der Waals surface area contributed by atoms with E-state index in [2.05, 4.69) is 16.1 Å². The smallest absolute Gasteiger partial charge is 0.461 e. The Balaban J connectivity index is 5.35. The molecule has 0 aromatic carbocycles. The molecule has 0 aromatic rings. The number of carbonyl (C=O) groups is 2. The highest BCUT2D eigenvalue weighted by molar-refractivity contribution is 7.88. The molecule has 2 atom stereocenters. The Hall–Kier alpha value is -1.83. The van der Waals surface area contributed by atoms with Crippen LogP contribution in [0.5, 0.6) is 0 Å². The van der Waals surface area contributed by atoms with Gasteiger partial charge in [0.25, 0.3) is 0 Å². The van der Waals surface area contributed by atoms with Crippen molar-refractivity contribution in [2.45, 2.75) is 49.5 Å². The largest absolute Gasteiger partial charge is 0.465 e. The molecule has 0 rings (SSSR count). The van der Waals surface area contributed by atoms with Crippen LogP contribution >= 0.6 is 0 Å². The van der Waals surface area contributed by atoms with Gasteiger partial charge in [-0.1, -0.05) is 13.5 Å². The predicted octanol–water partition coefficient (Wildman–Crippen LogP) is 0.0761. The van der Waals surface area contributed by atoms with E-state index in [1.165, 1.54) is 0 Å². The number of esters is 2. The van der Waals surface area contributed by atoms with Gasteiger partial charge in [-0.25, -0.2) is 18.9 Å². The van der Waals surface area contributed by atoms with Crippen molar-refractivity contribution in [2.75, 3.05) is 26.3 Å². The first-order valence-corrected chi connectivity index (χ1v) is 12.1. The Bertz CT molecular complexity index is 954. The molecule has 0 bridgehead atoms. The van der Waals surface area contributed by atoms with E-state index >= 15 is 0 Å². The molecule has 2 unspecified atom stereocenters. The van der Waals surface area contributed by atoms with E-state index in [1.807, 2.05) is 0 Å². The van der Waals surface area contributed by atoms with Crippen LogP contribution in [0, 0.1) is 0 Å². The average molecular weight is 546 g/mol. The number of alkyl halides is 3. The van der Waals surface area contributed by atoms with Crippen molar-refractivity contribution in [3.05, 3.63) is 12.7 Å². The van der Waals surface area contributed by atoms with Crippen LogP contribution < -0.4 is 0 Å². The van der Waals surface area contributed by atoms with Gasteiger partial charge in [-0.3, -0.25) is 9.11 Å². The normalized spacial score (nSPS) is 15.9. The predicted molar refractivity (Wildman–Crippen MR) is 107 cm³/mol. The zero-order chi connectivity index (χ0) is 27.2. The minimum absolute atomic E-state index is 0.0288. The van der Waals surface area contributed by atoms with Gasteiger partial charge in [0.05, 0.1) is 5.60 Å². The molecule has 0 saturated carbocycles. The molecule has 0 aliphatic heterocycles. The molecule has 0 aliphatic rings. The second kappa shape index (κ2) is 11.7.